The molecule has 0 aromatic carbocycles. The van der Waals surface area contributed by atoms with Gasteiger partial charge in [0.05, 0.1) is 0 Å². The van der Waals surface area contributed by atoms with Crippen molar-refractivity contribution in [3.05, 3.63) is 26.6 Å². The molecule has 0 saturated carbocycles. The van der Waals surface area contributed by atoms with Crippen LogP contribution < -0.4 is 0 Å². The van der Waals surface area contributed by atoms with Crippen LogP contribution in [0.25, 0.3) is 6.08 Å². The van der Waals surface area contributed by atoms with Crippen molar-refractivity contribution in [2.75, 3.05) is 12.5 Å². The van der Waals surface area contributed by atoms with Crippen molar-refractivity contribution < 1.29 is 4.55 Å². The highest BCUT2D eigenvalue weighted by Gasteiger charge is 2.06. The lowest BCUT2D eigenvalue weighted by atomic mass is 10.3. The van der Waals surface area contributed by atoms with Crippen molar-refractivity contribution in [2.45, 2.75) is 0 Å². The van der Waals surface area contributed by atoms with E-state index >= 15 is 0 Å². The lowest BCUT2D eigenvalue weighted by molar-refractivity contribution is 0.608. The van der Waals surface area contributed by atoms with E-state index in [1.54, 1.807) is 29.4 Å². The fourth-order valence-electron chi connectivity index (χ4n) is 0.752. The summed E-state index contributed by atoms with van der Waals surface area (Å²) in [5, 5.41) is 4.06. The molecule has 1 nitrogen and oxygen atoms in total. The fraction of sp³-hybridized carbons (Fsp3) is 0.250. The summed E-state index contributed by atoms with van der Waals surface area (Å²) in [6.45, 7) is 0. The Morgan fingerprint density at radius 2 is 2.50 bits per heavy atom. The highest BCUT2D eigenvalue weighted by atomic mass is 32.3. The Hall–Kier alpha value is 0.1000. The Morgan fingerprint density at radius 1 is 1.75 bits per heavy atom. The molecule has 1 rings (SSSR count). The maximum absolute atomic E-state index is 11.1. The monoisotopic (exact) mass is 218 g/mol. The Kier molecular flexibility index (Phi) is 4.21. The Morgan fingerprint density at radius 3 is 2.92 bits per heavy atom. The molecule has 0 aliphatic rings. The smallest absolute Gasteiger partial charge is 0.186 e. The molecule has 4 heteroatoms. The third-order valence-corrected chi connectivity index (χ3v) is 4.42. The second-order valence-electron chi connectivity index (χ2n) is 2.18. The zero-order valence-electron chi connectivity index (χ0n) is 6.94. The van der Waals surface area contributed by atoms with E-state index in [1.165, 1.54) is 0 Å². The van der Waals surface area contributed by atoms with Crippen molar-refractivity contribution in [3.8, 4) is 0 Å². The maximum Gasteiger partial charge on any atom is 0.186 e. The maximum atomic E-state index is 11.1. The van der Waals surface area contributed by atoms with Gasteiger partial charge in [0.15, 0.2) is 4.24 Å². The summed E-state index contributed by atoms with van der Waals surface area (Å²) >= 11 is 2.33. The molecule has 0 aliphatic carbocycles. The van der Waals surface area contributed by atoms with E-state index < -0.39 is 11.2 Å². The first kappa shape index (κ1) is 10.2. The van der Waals surface area contributed by atoms with E-state index in [9.17, 15) is 4.55 Å². The molecule has 1 atom stereocenters. The van der Waals surface area contributed by atoms with Crippen LogP contribution in [0.2, 0.25) is 0 Å². The van der Waals surface area contributed by atoms with Gasteiger partial charge < -0.3 is 4.55 Å². The average Bonchev–Trinajstić information content (AvgIpc) is 2.51. The first-order chi connectivity index (χ1) is 5.74. The van der Waals surface area contributed by atoms with Gasteiger partial charge in [-0.15, -0.1) is 0 Å². The predicted octanol–water partition coefficient (Wildman–Crippen LogP) is 2.79. The van der Waals surface area contributed by atoms with Gasteiger partial charge >= 0.3 is 0 Å². The molecule has 0 spiro atoms. The summed E-state index contributed by atoms with van der Waals surface area (Å²) in [7, 11) is 0. The van der Waals surface area contributed by atoms with Gasteiger partial charge in [0.25, 0.3) is 0 Å². The van der Waals surface area contributed by atoms with Crippen LogP contribution >= 0.6 is 23.1 Å². The summed E-state index contributed by atoms with van der Waals surface area (Å²) in [4.78, 5) is 0. The van der Waals surface area contributed by atoms with Crippen LogP contribution in [0, 0.1) is 0 Å². The molecule has 0 saturated heterocycles. The Labute approximate surface area is 84.1 Å². The quantitative estimate of drug-likeness (QED) is 0.728. The third kappa shape index (κ3) is 2.86. The van der Waals surface area contributed by atoms with Gasteiger partial charge in [-0.25, -0.2) is 0 Å². The lowest BCUT2D eigenvalue weighted by Gasteiger charge is -2.04. The number of thioether (sulfide) groups is 1. The van der Waals surface area contributed by atoms with Crippen molar-refractivity contribution >= 4 is 40.4 Å². The molecule has 0 N–H and O–H groups in total. The summed E-state index contributed by atoms with van der Waals surface area (Å²) in [6.07, 6.45) is 5.62. The van der Waals surface area contributed by atoms with Crippen LogP contribution in [0.5, 0.6) is 0 Å². The molecule has 0 bridgehead atoms. The van der Waals surface area contributed by atoms with E-state index in [2.05, 4.69) is 0 Å². The Bertz CT molecular complexity index is 251. The van der Waals surface area contributed by atoms with E-state index in [0.717, 1.165) is 9.80 Å². The molecule has 1 unspecified atom stereocenters. The van der Waals surface area contributed by atoms with Crippen LogP contribution in [0.3, 0.4) is 0 Å². The van der Waals surface area contributed by atoms with Crippen LogP contribution in [-0.4, -0.2) is 17.1 Å². The first-order valence-electron chi connectivity index (χ1n) is 3.35. The minimum absolute atomic E-state index is 0.859. The van der Waals surface area contributed by atoms with Crippen molar-refractivity contribution in [1.29, 1.82) is 0 Å². The summed E-state index contributed by atoms with van der Waals surface area (Å²) in [5.41, 5.74) is 1.14. The van der Waals surface area contributed by atoms with E-state index in [1.807, 2.05) is 29.2 Å². The van der Waals surface area contributed by atoms with Crippen molar-refractivity contribution in [1.82, 2.24) is 0 Å². The van der Waals surface area contributed by atoms with Gasteiger partial charge in [-0.3, -0.25) is 0 Å². The number of hydrogen-bond donors (Lipinski definition) is 0. The molecule has 12 heavy (non-hydrogen) atoms. The van der Waals surface area contributed by atoms with E-state index in [4.69, 9.17) is 0 Å². The van der Waals surface area contributed by atoms with Gasteiger partial charge in [0.2, 0.25) is 0 Å². The van der Waals surface area contributed by atoms with Crippen LogP contribution in [0.15, 0.2) is 21.1 Å². The van der Waals surface area contributed by atoms with Gasteiger partial charge in [-0.2, -0.15) is 11.3 Å². The lowest BCUT2D eigenvalue weighted by Crippen LogP contribution is -1.96. The first-order valence-corrected chi connectivity index (χ1v) is 7.08. The predicted molar refractivity (Wildman–Crippen MR) is 59.9 cm³/mol. The highest BCUT2D eigenvalue weighted by molar-refractivity contribution is 8.18. The summed E-state index contributed by atoms with van der Waals surface area (Å²) < 4.78 is 12.1. The molecular formula is C8H10OS3. The van der Waals surface area contributed by atoms with E-state index in [0.29, 0.717) is 0 Å². The number of thiophene rings is 1. The molecule has 0 fully saturated rings. The SMILES string of the molecule is CS/C(=C\c1ccsc1)[S+](C)[O-]. The second-order valence-corrected chi connectivity index (χ2v) is 5.41. The van der Waals surface area contributed by atoms with E-state index in [-0.39, 0.29) is 0 Å². The largest absolute Gasteiger partial charge is 0.611 e. The minimum Gasteiger partial charge on any atom is -0.611 e. The van der Waals surface area contributed by atoms with Crippen LogP contribution in [0.4, 0.5) is 0 Å². The molecule has 0 radical (unpaired) electrons. The van der Waals surface area contributed by atoms with Gasteiger partial charge in [-0.05, 0) is 39.8 Å². The normalized spacial score (nSPS) is 14.8. The van der Waals surface area contributed by atoms with Crippen molar-refractivity contribution in [2.24, 2.45) is 0 Å². The van der Waals surface area contributed by atoms with Gasteiger partial charge in [-0.1, -0.05) is 11.8 Å². The second kappa shape index (κ2) is 4.97. The third-order valence-electron chi connectivity index (χ3n) is 1.31. The fourth-order valence-corrected chi connectivity index (χ4v) is 2.87. The molecule has 1 heterocycles. The van der Waals surface area contributed by atoms with Gasteiger partial charge in [0, 0.05) is 6.08 Å². The van der Waals surface area contributed by atoms with Crippen molar-refractivity contribution in [3.63, 3.8) is 0 Å². The average molecular weight is 218 g/mol. The summed E-state index contributed by atoms with van der Waals surface area (Å²) in [6, 6.07) is 2.02. The van der Waals surface area contributed by atoms with Gasteiger partial charge in [0.1, 0.15) is 6.26 Å². The number of hydrogen-bond acceptors (Lipinski definition) is 3. The molecular weight excluding hydrogens is 208 g/mol. The molecule has 0 amide bonds. The molecule has 1 aromatic rings. The van der Waals surface area contributed by atoms with Crippen LogP contribution in [-0.2, 0) is 11.2 Å². The highest BCUT2D eigenvalue weighted by Crippen LogP contribution is 2.22. The standard InChI is InChI=1S/C8H10OS3/c1-10-8(12(2)9)5-7-3-4-11-6-7/h3-6H,1-2H3/b8-5+. The zero-order chi connectivity index (χ0) is 8.97. The topological polar surface area (TPSA) is 23.1 Å². The zero-order valence-corrected chi connectivity index (χ0v) is 9.39. The Balaban J connectivity index is 2.78. The molecule has 1 aromatic heterocycles. The molecule has 0 aliphatic heterocycles. The molecule has 66 valence electrons. The number of rotatable bonds is 3. The minimum atomic E-state index is -0.859. The van der Waals surface area contributed by atoms with Crippen LogP contribution in [0.1, 0.15) is 5.56 Å². The summed E-state index contributed by atoms with van der Waals surface area (Å²) in [5.74, 6) is 0.